The van der Waals surface area contributed by atoms with Crippen LogP contribution in [0, 0.1) is 5.92 Å². The van der Waals surface area contributed by atoms with Crippen LogP contribution in [-0.4, -0.2) is 23.7 Å². The first-order valence-electron chi connectivity index (χ1n) is 4.02. The van der Waals surface area contributed by atoms with Crippen molar-refractivity contribution in [2.75, 3.05) is 6.61 Å². The molecule has 0 amide bonds. The van der Waals surface area contributed by atoms with Gasteiger partial charge in [0.1, 0.15) is 0 Å². The lowest BCUT2D eigenvalue weighted by Crippen LogP contribution is -2.25. The van der Waals surface area contributed by atoms with E-state index in [-0.39, 0.29) is 6.42 Å². The van der Waals surface area contributed by atoms with E-state index >= 15 is 0 Å². The van der Waals surface area contributed by atoms with Gasteiger partial charge in [-0.1, -0.05) is 13.8 Å². The van der Waals surface area contributed by atoms with Crippen molar-refractivity contribution < 1.29 is 19.4 Å². The zero-order valence-corrected chi connectivity index (χ0v) is 7.37. The Morgan fingerprint density at radius 1 is 1.42 bits per heavy atom. The Morgan fingerprint density at radius 2 is 2.00 bits per heavy atom. The number of ether oxygens (including phenoxy) is 1. The Kier molecular flexibility index (Phi) is 5.08. The highest BCUT2D eigenvalue weighted by molar-refractivity contribution is 5.93. The van der Waals surface area contributed by atoms with Gasteiger partial charge in [0, 0.05) is 0 Å². The standard InChI is InChI=1S/C8H14O4/c1-3-5-12-8(11)6(4-2)7(9)10/h6H,3-5H2,1-2H3,(H,9,10). The second-order valence-corrected chi connectivity index (χ2v) is 2.47. The summed E-state index contributed by atoms with van der Waals surface area (Å²) in [6.07, 6.45) is 0.986. The molecular weight excluding hydrogens is 160 g/mol. The maximum Gasteiger partial charge on any atom is 0.320 e. The van der Waals surface area contributed by atoms with Crippen LogP contribution >= 0.6 is 0 Å². The van der Waals surface area contributed by atoms with Gasteiger partial charge in [0.25, 0.3) is 0 Å². The highest BCUT2D eigenvalue weighted by Crippen LogP contribution is 2.05. The number of rotatable bonds is 5. The van der Waals surface area contributed by atoms with Crippen LogP contribution in [0.5, 0.6) is 0 Å². The van der Waals surface area contributed by atoms with E-state index in [0.717, 1.165) is 0 Å². The summed E-state index contributed by atoms with van der Waals surface area (Å²) in [4.78, 5) is 21.4. The third-order valence-electron chi connectivity index (χ3n) is 1.44. The van der Waals surface area contributed by atoms with Crippen molar-refractivity contribution in [1.82, 2.24) is 0 Å². The minimum absolute atomic E-state index is 0.276. The molecule has 1 unspecified atom stereocenters. The zero-order chi connectivity index (χ0) is 9.56. The molecule has 0 bridgehead atoms. The van der Waals surface area contributed by atoms with Gasteiger partial charge in [0.2, 0.25) is 0 Å². The lowest BCUT2D eigenvalue weighted by atomic mass is 10.1. The Hall–Kier alpha value is -1.06. The van der Waals surface area contributed by atoms with E-state index in [9.17, 15) is 9.59 Å². The molecule has 0 spiro atoms. The molecule has 4 nitrogen and oxygen atoms in total. The summed E-state index contributed by atoms with van der Waals surface area (Å²) in [5.41, 5.74) is 0. The van der Waals surface area contributed by atoms with E-state index in [4.69, 9.17) is 5.11 Å². The van der Waals surface area contributed by atoms with Crippen LogP contribution in [0.25, 0.3) is 0 Å². The van der Waals surface area contributed by atoms with E-state index in [1.807, 2.05) is 6.92 Å². The number of hydrogen-bond acceptors (Lipinski definition) is 3. The monoisotopic (exact) mass is 174 g/mol. The molecule has 0 aliphatic heterocycles. The molecular formula is C8H14O4. The van der Waals surface area contributed by atoms with Gasteiger partial charge in [-0.3, -0.25) is 9.59 Å². The number of hydrogen-bond donors (Lipinski definition) is 1. The normalized spacial score (nSPS) is 12.2. The molecule has 0 aromatic carbocycles. The third kappa shape index (κ3) is 3.37. The van der Waals surface area contributed by atoms with Crippen LogP contribution in [-0.2, 0) is 14.3 Å². The quantitative estimate of drug-likeness (QED) is 0.499. The Balaban J connectivity index is 3.95. The molecule has 0 aliphatic rings. The maximum absolute atomic E-state index is 11.0. The molecule has 12 heavy (non-hydrogen) atoms. The molecule has 0 saturated heterocycles. The van der Waals surface area contributed by atoms with Crippen LogP contribution in [0.2, 0.25) is 0 Å². The van der Waals surface area contributed by atoms with Crippen LogP contribution in [0.3, 0.4) is 0 Å². The van der Waals surface area contributed by atoms with Gasteiger partial charge in [-0.15, -0.1) is 0 Å². The van der Waals surface area contributed by atoms with Crippen molar-refractivity contribution in [3.8, 4) is 0 Å². The Morgan fingerprint density at radius 3 is 2.33 bits per heavy atom. The smallest absolute Gasteiger partial charge is 0.320 e. The second kappa shape index (κ2) is 5.57. The fourth-order valence-electron chi connectivity index (χ4n) is 0.745. The molecule has 70 valence electrons. The predicted molar refractivity (Wildman–Crippen MR) is 42.7 cm³/mol. The Labute approximate surface area is 71.5 Å². The van der Waals surface area contributed by atoms with Gasteiger partial charge in [-0.05, 0) is 12.8 Å². The van der Waals surface area contributed by atoms with Gasteiger partial charge in [-0.2, -0.15) is 0 Å². The van der Waals surface area contributed by atoms with Gasteiger partial charge in [0.05, 0.1) is 6.61 Å². The predicted octanol–water partition coefficient (Wildman–Crippen LogP) is 1.05. The molecule has 0 radical (unpaired) electrons. The van der Waals surface area contributed by atoms with Crippen molar-refractivity contribution in [3.63, 3.8) is 0 Å². The van der Waals surface area contributed by atoms with Crippen LogP contribution in [0.1, 0.15) is 26.7 Å². The summed E-state index contributed by atoms with van der Waals surface area (Å²) < 4.78 is 4.69. The highest BCUT2D eigenvalue weighted by atomic mass is 16.5. The van der Waals surface area contributed by atoms with E-state index in [0.29, 0.717) is 13.0 Å². The fourth-order valence-corrected chi connectivity index (χ4v) is 0.745. The first-order valence-corrected chi connectivity index (χ1v) is 4.02. The summed E-state index contributed by atoms with van der Waals surface area (Å²) >= 11 is 0. The molecule has 1 N–H and O–H groups in total. The SMILES string of the molecule is CCCOC(=O)C(CC)C(=O)O. The molecule has 4 heteroatoms. The van der Waals surface area contributed by atoms with Crippen molar-refractivity contribution in [2.24, 2.45) is 5.92 Å². The first kappa shape index (κ1) is 10.9. The third-order valence-corrected chi connectivity index (χ3v) is 1.44. The number of carbonyl (C=O) groups is 2. The molecule has 0 fully saturated rings. The molecule has 0 aromatic rings. The molecule has 0 heterocycles. The molecule has 0 aliphatic carbocycles. The summed E-state index contributed by atoms with van der Waals surface area (Å²) in [6.45, 7) is 3.80. The van der Waals surface area contributed by atoms with Gasteiger partial charge < -0.3 is 9.84 Å². The molecule has 0 saturated carbocycles. The van der Waals surface area contributed by atoms with Crippen molar-refractivity contribution in [1.29, 1.82) is 0 Å². The summed E-state index contributed by atoms with van der Waals surface area (Å²) in [5.74, 6) is -2.75. The number of carboxylic acid groups (broad SMARTS) is 1. The van der Waals surface area contributed by atoms with Gasteiger partial charge in [0.15, 0.2) is 5.92 Å². The molecule has 1 atom stereocenters. The lowest BCUT2D eigenvalue weighted by molar-refractivity contribution is -0.158. The minimum Gasteiger partial charge on any atom is -0.481 e. The highest BCUT2D eigenvalue weighted by Gasteiger charge is 2.25. The molecule has 0 rings (SSSR count). The number of aliphatic carboxylic acids is 1. The minimum atomic E-state index is -1.11. The van der Waals surface area contributed by atoms with Gasteiger partial charge >= 0.3 is 11.9 Å². The van der Waals surface area contributed by atoms with Crippen LogP contribution in [0.15, 0.2) is 0 Å². The largest absolute Gasteiger partial charge is 0.481 e. The topological polar surface area (TPSA) is 63.6 Å². The summed E-state index contributed by atoms with van der Waals surface area (Å²) in [6, 6.07) is 0. The van der Waals surface area contributed by atoms with Crippen LogP contribution in [0.4, 0.5) is 0 Å². The van der Waals surface area contributed by atoms with Crippen molar-refractivity contribution in [2.45, 2.75) is 26.7 Å². The first-order chi connectivity index (χ1) is 5.63. The Bertz CT molecular complexity index is 164. The second-order valence-electron chi connectivity index (χ2n) is 2.47. The fraction of sp³-hybridized carbons (Fsp3) is 0.750. The van der Waals surface area contributed by atoms with Crippen molar-refractivity contribution in [3.05, 3.63) is 0 Å². The average molecular weight is 174 g/mol. The zero-order valence-electron chi connectivity index (χ0n) is 7.37. The number of carbonyl (C=O) groups excluding carboxylic acids is 1. The van der Waals surface area contributed by atoms with E-state index < -0.39 is 17.9 Å². The summed E-state index contributed by atoms with van der Waals surface area (Å²) in [7, 11) is 0. The van der Waals surface area contributed by atoms with Gasteiger partial charge in [-0.25, -0.2) is 0 Å². The molecule has 0 aromatic heterocycles. The van der Waals surface area contributed by atoms with E-state index in [1.165, 1.54) is 0 Å². The van der Waals surface area contributed by atoms with E-state index in [1.54, 1.807) is 6.92 Å². The lowest BCUT2D eigenvalue weighted by Gasteiger charge is -2.08. The van der Waals surface area contributed by atoms with Crippen molar-refractivity contribution >= 4 is 11.9 Å². The van der Waals surface area contributed by atoms with Crippen LogP contribution < -0.4 is 0 Å². The number of esters is 1. The summed E-state index contributed by atoms with van der Waals surface area (Å²) in [5, 5.41) is 8.54. The van der Waals surface area contributed by atoms with E-state index in [2.05, 4.69) is 4.74 Å². The average Bonchev–Trinajstić information content (AvgIpc) is 2.01. The number of carboxylic acids is 1. The maximum atomic E-state index is 11.0.